The van der Waals surface area contributed by atoms with Gasteiger partial charge >= 0.3 is 6.36 Å². The fourth-order valence-electron chi connectivity index (χ4n) is 0.898. The summed E-state index contributed by atoms with van der Waals surface area (Å²) in [4.78, 5) is 0. The Labute approximate surface area is 76.7 Å². The minimum absolute atomic E-state index is 0.0238. The summed E-state index contributed by atoms with van der Waals surface area (Å²) >= 11 is 0. The standard InChI is InChI=1S/C8H6F4O2/c1-4-2-5(14-8(10,11)12)3-6(9)7(4)13/h2-3,13H,1H3. The first-order valence-electron chi connectivity index (χ1n) is 3.54. The van der Waals surface area contributed by atoms with E-state index >= 15 is 0 Å². The van der Waals surface area contributed by atoms with E-state index in [4.69, 9.17) is 5.11 Å². The molecule has 1 aromatic rings. The van der Waals surface area contributed by atoms with Gasteiger partial charge in [-0.1, -0.05) is 0 Å². The maximum atomic E-state index is 12.7. The molecule has 0 bridgehead atoms. The first kappa shape index (κ1) is 10.6. The van der Waals surface area contributed by atoms with E-state index in [2.05, 4.69) is 4.74 Å². The van der Waals surface area contributed by atoms with Gasteiger partial charge < -0.3 is 9.84 Å². The summed E-state index contributed by atoms with van der Waals surface area (Å²) in [6.45, 7) is 1.27. The molecule has 6 heteroatoms. The molecule has 0 aromatic heterocycles. The predicted octanol–water partition coefficient (Wildman–Crippen LogP) is 2.74. The van der Waals surface area contributed by atoms with Gasteiger partial charge in [0.05, 0.1) is 0 Å². The minimum atomic E-state index is -4.87. The molecule has 0 saturated heterocycles. The molecule has 0 atom stereocenters. The Morgan fingerprint density at radius 1 is 1.29 bits per heavy atom. The Kier molecular flexibility index (Phi) is 2.55. The smallest absolute Gasteiger partial charge is 0.505 e. The average Bonchev–Trinajstić information content (AvgIpc) is 1.96. The fourth-order valence-corrected chi connectivity index (χ4v) is 0.898. The third kappa shape index (κ3) is 2.51. The second-order valence-electron chi connectivity index (χ2n) is 2.62. The molecule has 1 N–H and O–H groups in total. The van der Waals surface area contributed by atoms with E-state index in [9.17, 15) is 17.6 Å². The first-order valence-corrected chi connectivity index (χ1v) is 3.54. The molecular weight excluding hydrogens is 204 g/mol. The predicted molar refractivity (Wildman–Crippen MR) is 39.5 cm³/mol. The van der Waals surface area contributed by atoms with E-state index in [0.29, 0.717) is 6.07 Å². The monoisotopic (exact) mass is 210 g/mol. The van der Waals surface area contributed by atoms with E-state index in [0.717, 1.165) is 6.07 Å². The number of benzene rings is 1. The molecule has 0 unspecified atom stereocenters. The number of ether oxygens (including phenoxy) is 1. The normalized spacial score (nSPS) is 11.5. The highest BCUT2D eigenvalue weighted by atomic mass is 19.4. The molecule has 2 nitrogen and oxygen atoms in total. The van der Waals surface area contributed by atoms with Crippen LogP contribution >= 0.6 is 0 Å². The molecule has 0 fully saturated rings. The van der Waals surface area contributed by atoms with Crippen LogP contribution in [0.1, 0.15) is 5.56 Å². The Morgan fingerprint density at radius 2 is 1.86 bits per heavy atom. The quantitative estimate of drug-likeness (QED) is 0.722. The van der Waals surface area contributed by atoms with E-state index in [1.54, 1.807) is 0 Å². The molecule has 0 aliphatic heterocycles. The molecule has 78 valence electrons. The van der Waals surface area contributed by atoms with E-state index in [-0.39, 0.29) is 5.56 Å². The van der Waals surface area contributed by atoms with Gasteiger partial charge in [-0.25, -0.2) is 4.39 Å². The van der Waals surface area contributed by atoms with Crippen molar-refractivity contribution in [2.45, 2.75) is 13.3 Å². The van der Waals surface area contributed by atoms with Crippen LogP contribution in [0.2, 0.25) is 0 Å². The zero-order chi connectivity index (χ0) is 10.9. The SMILES string of the molecule is Cc1cc(OC(F)(F)F)cc(F)c1O. The van der Waals surface area contributed by atoms with Crippen LogP contribution in [-0.2, 0) is 0 Å². The molecule has 0 heterocycles. The zero-order valence-electron chi connectivity index (χ0n) is 7.02. The molecule has 0 amide bonds. The Morgan fingerprint density at radius 3 is 2.29 bits per heavy atom. The van der Waals surface area contributed by atoms with Crippen molar-refractivity contribution in [2.75, 3.05) is 0 Å². The van der Waals surface area contributed by atoms with Gasteiger partial charge in [0.1, 0.15) is 5.75 Å². The summed E-state index contributed by atoms with van der Waals surface area (Å²) in [5.41, 5.74) is -0.0238. The lowest BCUT2D eigenvalue weighted by Crippen LogP contribution is -2.17. The van der Waals surface area contributed by atoms with E-state index in [1.165, 1.54) is 6.92 Å². The van der Waals surface area contributed by atoms with E-state index in [1.807, 2.05) is 0 Å². The van der Waals surface area contributed by atoms with Crippen LogP contribution in [0.5, 0.6) is 11.5 Å². The third-order valence-corrected chi connectivity index (χ3v) is 1.46. The van der Waals surface area contributed by atoms with Crippen molar-refractivity contribution in [3.63, 3.8) is 0 Å². The van der Waals surface area contributed by atoms with Crippen molar-refractivity contribution < 1.29 is 27.4 Å². The number of hydrogen-bond acceptors (Lipinski definition) is 2. The Balaban J connectivity index is 3.02. The van der Waals surface area contributed by atoms with Crippen molar-refractivity contribution in [2.24, 2.45) is 0 Å². The van der Waals surface area contributed by atoms with E-state index < -0.39 is 23.7 Å². The van der Waals surface area contributed by atoms with Crippen LogP contribution in [0, 0.1) is 12.7 Å². The molecule has 0 aliphatic rings. The molecule has 14 heavy (non-hydrogen) atoms. The van der Waals surface area contributed by atoms with Crippen molar-refractivity contribution in [3.8, 4) is 11.5 Å². The van der Waals surface area contributed by atoms with Crippen LogP contribution < -0.4 is 4.74 Å². The highest BCUT2D eigenvalue weighted by Crippen LogP contribution is 2.29. The minimum Gasteiger partial charge on any atom is -0.505 e. The highest BCUT2D eigenvalue weighted by Gasteiger charge is 2.31. The first-order chi connectivity index (χ1) is 6.29. The van der Waals surface area contributed by atoms with Crippen LogP contribution in [0.25, 0.3) is 0 Å². The maximum absolute atomic E-state index is 12.7. The number of phenolic OH excluding ortho intramolecular Hbond substituents is 1. The molecule has 1 aromatic carbocycles. The number of alkyl halides is 3. The molecule has 0 aliphatic carbocycles. The van der Waals surface area contributed by atoms with Gasteiger partial charge in [0.25, 0.3) is 0 Å². The Hall–Kier alpha value is -1.46. The van der Waals surface area contributed by atoms with Gasteiger partial charge in [0.2, 0.25) is 0 Å². The van der Waals surface area contributed by atoms with Crippen molar-refractivity contribution >= 4 is 0 Å². The summed E-state index contributed by atoms with van der Waals surface area (Å²) in [5, 5.41) is 8.92. The largest absolute Gasteiger partial charge is 0.573 e. The maximum Gasteiger partial charge on any atom is 0.573 e. The number of halogens is 4. The van der Waals surface area contributed by atoms with Crippen LogP contribution in [0.3, 0.4) is 0 Å². The number of aryl methyl sites for hydroxylation is 1. The lowest BCUT2D eigenvalue weighted by Gasteiger charge is -2.10. The number of rotatable bonds is 1. The van der Waals surface area contributed by atoms with Crippen molar-refractivity contribution in [1.29, 1.82) is 0 Å². The number of aromatic hydroxyl groups is 1. The second kappa shape index (κ2) is 3.36. The van der Waals surface area contributed by atoms with Gasteiger partial charge in [-0.3, -0.25) is 0 Å². The molecule has 0 radical (unpaired) electrons. The summed E-state index contributed by atoms with van der Waals surface area (Å²) in [6.07, 6.45) is -4.87. The highest BCUT2D eigenvalue weighted by molar-refractivity contribution is 5.39. The molecular formula is C8H6F4O2. The third-order valence-electron chi connectivity index (χ3n) is 1.46. The number of phenols is 1. The summed E-state index contributed by atoms with van der Waals surface area (Å²) in [6, 6.07) is 1.36. The summed E-state index contributed by atoms with van der Waals surface area (Å²) < 4.78 is 51.3. The van der Waals surface area contributed by atoms with Gasteiger partial charge in [0.15, 0.2) is 11.6 Å². The van der Waals surface area contributed by atoms with Crippen LogP contribution in [0.4, 0.5) is 17.6 Å². The lowest BCUT2D eigenvalue weighted by atomic mass is 10.2. The second-order valence-corrected chi connectivity index (χ2v) is 2.62. The Bertz CT molecular complexity index is 323. The average molecular weight is 210 g/mol. The van der Waals surface area contributed by atoms with Gasteiger partial charge in [-0.15, -0.1) is 13.2 Å². The van der Waals surface area contributed by atoms with Gasteiger partial charge in [-0.05, 0) is 18.6 Å². The van der Waals surface area contributed by atoms with Gasteiger partial charge in [-0.2, -0.15) is 0 Å². The number of hydrogen-bond donors (Lipinski definition) is 1. The molecule has 1 rings (SSSR count). The lowest BCUT2D eigenvalue weighted by molar-refractivity contribution is -0.274. The van der Waals surface area contributed by atoms with Crippen molar-refractivity contribution in [3.05, 3.63) is 23.5 Å². The summed E-state index contributed by atoms with van der Waals surface area (Å²) in [7, 11) is 0. The van der Waals surface area contributed by atoms with Crippen molar-refractivity contribution in [1.82, 2.24) is 0 Å². The van der Waals surface area contributed by atoms with Gasteiger partial charge in [0, 0.05) is 6.07 Å². The topological polar surface area (TPSA) is 29.5 Å². The molecule has 0 saturated carbocycles. The zero-order valence-corrected chi connectivity index (χ0v) is 7.02. The molecule has 0 spiro atoms. The van der Waals surface area contributed by atoms with Crippen LogP contribution in [0.15, 0.2) is 12.1 Å². The fraction of sp³-hybridized carbons (Fsp3) is 0.250. The van der Waals surface area contributed by atoms with Crippen LogP contribution in [-0.4, -0.2) is 11.5 Å². The summed E-state index contributed by atoms with van der Waals surface area (Å²) in [5.74, 6) is -2.52.